The van der Waals surface area contributed by atoms with Crippen LogP contribution < -0.4 is 0 Å². The van der Waals surface area contributed by atoms with Gasteiger partial charge in [-0.1, -0.05) is 0 Å². The summed E-state index contributed by atoms with van der Waals surface area (Å²) >= 11 is 0. The van der Waals surface area contributed by atoms with Gasteiger partial charge in [0.2, 0.25) is 0 Å². The molecule has 1 saturated heterocycles. The summed E-state index contributed by atoms with van der Waals surface area (Å²) in [7, 11) is 0.868. The Kier molecular flexibility index (Phi) is 7.25. The second-order valence-corrected chi connectivity index (χ2v) is 6.96. The van der Waals surface area contributed by atoms with Crippen LogP contribution in [0.15, 0.2) is 0 Å². The Labute approximate surface area is 105 Å². The Balaban J connectivity index is 2.08. The van der Waals surface area contributed by atoms with Gasteiger partial charge in [0.05, 0.1) is 12.7 Å². The molecule has 0 amide bonds. The molecule has 1 aliphatic rings. The molecule has 1 rings (SSSR count). The number of hydrogen-bond acceptors (Lipinski definition) is 5. The van der Waals surface area contributed by atoms with Gasteiger partial charge in [0.15, 0.2) is 0 Å². The van der Waals surface area contributed by atoms with Crippen molar-refractivity contribution >= 4 is 8.80 Å². The number of hydrogen-bond donors (Lipinski definition) is 0. The lowest BCUT2D eigenvalue weighted by Gasteiger charge is -2.27. The number of ether oxygens (including phenoxy) is 2. The van der Waals surface area contributed by atoms with E-state index in [0.717, 1.165) is 25.5 Å². The van der Waals surface area contributed by atoms with Gasteiger partial charge in [0.1, 0.15) is 0 Å². The summed E-state index contributed by atoms with van der Waals surface area (Å²) in [6.45, 7) is 4.84. The fourth-order valence-electron chi connectivity index (χ4n) is 1.72. The highest BCUT2D eigenvalue weighted by molar-refractivity contribution is 6.60. The van der Waals surface area contributed by atoms with Crippen molar-refractivity contribution < 1.29 is 22.8 Å². The first-order valence-corrected chi connectivity index (χ1v) is 8.13. The van der Waals surface area contributed by atoms with Crippen LogP contribution in [0.5, 0.6) is 0 Å². The molecule has 1 fully saturated rings. The summed E-state index contributed by atoms with van der Waals surface area (Å²) in [6.07, 6.45) is 2.32. The third-order valence-corrected chi connectivity index (χ3v) is 5.79. The van der Waals surface area contributed by atoms with Crippen molar-refractivity contribution in [3.63, 3.8) is 0 Å². The zero-order valence-corrected chi connectivity index (χ0v) is 12.1. The average molecular weight is 264 g/mol. The molecule has 0 saturated carbocycles. The Bertz CT molecular complexity index is 194. The van der Waals surface area contributed by atoms with Gasteiger partial charge in [-0.05, 0) is 19.8 Å². The molecule has 102 valence electrons. The SMILES string of the molecule is CCO[Si](CCCOCC1CCO1)(OC)OC. The Morgan fingerprint density at radius 2 is 2.00 bits per heavy atom. The second-order valence-electron chi connectivity index (χ2n) is 3.98. The Morgan fingerprint density at radius 3 is 2.47 bits per heavy atom. The van der Waals surface area contributed by atoms with E-state index in [1.807, 2.05) is 6.92 Å². The molecule has 1 atom stereocenters. The standard InChI is InChI=1S/C11H24O5Si/c1-4-16-17(12-2,13-3)9-5-7-14-10-11-6-8-15-11/h11H,4-10H2,1-3H3. The fourth-order valence-corrected chi connectivity index (χ4v) is 3.69. The van der Waals surface area contributed by atoms with E-state index in [4.69, 9.17) is 22.8 Å². The van der Waals surface area contributed by atoms with E-state index in [1.54, 1.807) is 14.2 Å². The van der Waals surface area contributed by atoms with Gasteiger partial charge in [-0.25, -0.2) is 0 Å². The minimum absolute atomic E-state index is 0.314. The maximum absolute atomic E-state index is 5.60. The van der Waals surface area contributed by atoms with Gasteiger partial charge in [-0.2, -0.15) is 0 Å². The molecule has 1 unspecified atom stereocenters. The lowest BCUT2D eigenvalue weighted by molar-refractivity contribution is -0.0937. The molecule has 5 nitrogen and oxygen atoms in total. The summed E-state index contributed by atoms with van der Waals surface area (Å²) in [5.74, 6) is 0. The lowest BCUT2D eigenvalue weighted by Crippen LogP contribution is -2.44. The summed E-state index contributed by atoms with van der Waals surface area (Å²) in [6, 6.07) is 0.791. The van der Waals surface area contributed by atoms with Crippen LogP contribution in [-0.2, 0) is 22.8 Å². The van der Waals surface area contributed by atoms with Crippen molar-refractivity contribution in [2.75, 3.05) is 40.6 Å². The molecule has 1 heterocycles. The zero-order chi connectivity index (χ0) is 12.6. The topological polar surface area (TPSA) is 46.2 Å². The molecule has 0 spiro atoms. The van der Waals surface area contributed by atoms with Crippen molar-refractivity contribution in [3.05, 3.63) is 0 Å². The summed E-state index contributed by atoms with van der Waals surface area (Å²) < 4.78 is 27.2. The van der Waals surface area contributed by atoms with E-state index in [1.165, 1.54) is 0 Å². The van der Waals surface area contributed by atoms with E-state index < -0.39 is 8.80 Å². The van der Waals surface area contributed by atoms with Crippen molar-refractivity contribution in [2.24, 2.45) is 0 Å². The molecule has 1 aliphatic heterocycles. The summed E-state index contributed by atoms with van der Waals surface area (Å²) in [4.78, 5) is 0. The third kappa shape index (κ3) is 5.03. The number of rotatable bonds is 10. The van der Waals surface area contributed by atoms with Crippen LogP contribution >= 0.6 is 0 Å². The van der Waals surface area contributed by atoms with Crippen LogP contribution in [0.3, 0.4) is 0 Å². The monoisotopic (exact) mass is 264 g/mol. The van der Waals surface area contributed by atoms with Crippen LogP contribution in [-0.4, -0.2) is 55.6 Å². The molecule has 0 aromatic rings. The highest BCUT2D eigenvalue weighted by Crippen LogP contribution is 2.16. The summed E-state index contributed by atoms with van der Waals surface area (Å²) in [5, 5.41) is 0. The molecule has 0 radical (unpaired) electrons. The van der Waals surface area contributed by atoms with Gasteiger partial charge in [-0.3, -0.25) is 0 Å². The maximum Gasteiger partial charge on any atom is 0.500 e. The minimum atomic E-state index is -2.43. The van der Waals surface area contributed by atoms with E-state index >= 15 is 0 Å². The first kappa shape index (κ1) is 15.1. The molecule has 0 bridgehead atoms. The van der Waals surface area contributed by atoms with Crippen LogP contribution in [0.25, 0.3) is 0 Å². The van der Waals surface area contributed by atoms with Crippen molar-refractivity contribution in [2.45, 2.75) is 31.9 Å². The fraction of sp³-hybridized carbons (Fsp3) is 1.00. The molecule has 0 aromatic heterocycles. The Hall–Kier alpha value is 0.0169. The van der Waals surface area contributed by atoms with Crippen molar-refractivity contribution in [1.29, 1.82) is 0 Å². The van der Waals surface area contributed by atoms with Gasteiger partial charge in [-0.15, -0.1) is 0 Å². The predicted octanol–water partition coefficient (Wildman–Crippen LogP) is 1.45. The minimum Gasteiger partial charge on any atom is -0.379 e. The molecule has 0 aliphatic carbocycles. The molecular weight excluding hydrogens is 240 g/mol. The molecule has 0 N–H and O–H groups in total. The van der Waals surface area contributed by atoms with Crippen molar-refractivity contribution in [3.8, 4) is 0 Å². The smallest absolute Gasteiger partial charge is 0.379 e. The predicted molar refractivity (Wildman–Crippen MR) is 66.0 cm³/mol. The first-order valence-electron chi connectivity index (χ1n) is 6.20. The van der Waals surface area contributed by atoms with Crippen molar-refractivity contribution in [1.82, 2.24) is 0 Å². The van der Waals surface area contributed by atoms with Crippen LogP contribution in [0, 0.1) is 0 Å². The second kappa shape index (κ2) is 8.18. The third-order valence-electron chi connectivity index (χ3n) is 2.86. The van der Waals surface area contributed by atoms with Crippen LogP contribution in [0.4, 0.5) is 0 Å². The zero-order valence-electron chi connectivity index (χ0n) is 11.1. The van der Waals surface area contributed by atoms with E-state index in [2.05, 4.69) is 0 Å². The lowest BCUT2D eigenvalue weighted by atomic mass is 10.2. The first-order chi connectivity index (χ1) is 8.26. The van der Waals surface area contributed by atoms with Gasteiger partial charge >= 0.3 is 8.80 Å². The van der Waals surface area contributed by atoms with Gasteiger partial charge < -0.3 is 22.8 Å². The Morgan fingerprint density at radius 1 is 1.29 bits per heavy atom. The molecule has 17 heavy (non-hydrogen) atoms. The molecule has 0 aromatic carbocycles. The van der Waals surface area contributed by atoms with Gasteiger partial charge in [0.25, 0.3) is 0 Å². The van der Waals surface area contributed by atoms with Crippen LogP contribution in [0.2, 0.25) is 6.04 Å². The quantitative estimate of drug-likeness (QED) is 0.441. The summed E-state index contributed by atoms with van der Waals surface area (Å²) in [5.41, 5.74) is 0. The average Bonchev–Trinajstić information content (AvgIpc) is 2.30. The molecule has 6 heteroatoms. The van der Waals surface area contributed by atoms with E-state index in [0.29, 0.717) is 25.9 Å². The molecular formula is C11H24O5Si. The maximum atomic E-state index is 5.60. The van der Waals surface area contributed by atoms with E-state index in [9.17, 15) is 0 Å². The highest BCUT2D eigenvalue weighted by Gasteiger charge is 2.37. The van der Waals surface area contributed by atoms with Crippen LogP contribution in [0.1, 0.15) is 19.8 Å². The van der Waals surface area contributed by atoms with Gasteiger partial charge in [0, 0.05) is 40.1 Å². The normalized spacial score (nSPS) is 20.3. The largest absolute Gasteiger partial charge is 0.500 e. The van der Waals surface area contributed by atoms with E-state index in [-0.39, 0.29) is 0 Å². The highest BCUT2D eigenvalue weighted by atomic mass is 28.4.